The molecule has 5 rings (SSSR count). The predicted molar refractivity (Wildman–Crippen MR) is 103 cm³/mol. The summed E-state index contributed by atoms with van der Waals surface area (Å²) >= 11 is 7.43. The van der Waals surface area contributed by atoms with E-state index in [-0.39, 0.29) is 11.8 Å². The van der Waals surface area contributed by atoms with Crippen LogP contribution in [0.1, 0.15) is 21.6 Å². The van der Waals surface area contributed by atoms with Crippen LogP contribution in [0.3, 0.4) is 0 Å². The minimum Gasteiger partial charge on any atom is -0.339 e. The van der Waals surface area contributed by atoms with Crippen molar-refractivity contribution in [3.05, 3.63) is 64.5 Å². The average molecular weight is 397 g/mol. The summed E-state index contributed by atoms with van der Waals surface area (Å²) in [7, 11) is 0. The molecule has 1 aliphatic rings. The van der Waals surface area contributed by atoms with Crippen molar-refractivity contribution in [2.75, 3.05) is 13.1 Å². The highest BCUT2D eigenvalue weighted by Crippen LogP contribution is 2.31. The van der Waals surface area contributed by atoms with Crippen molar-refractivity contribution in [2.45, 2.75) is 5.92 Å². The summed E-state index contributed by atoms with van der Waals surface area (Å²) < 4.78 is 6.40. The minimum atomic E-state index is -0.0537. The Kier molecular flexibility index (Phi) is 3.91. The molecule has 0 N–H and O–H groups in total. The maximum atomic E-state index is 12.6. The Bertz CT molecular complexity index is 1120. The number of rotatable bonds is 3. The fourth-order valence-electron chi connectivity index (χ4n) is 3.05. The number of carbonyl (C=O) groups is 1. The second-order valence-corrected chi connectivity index (χ2v) is 7.83. The predicted octanol–water partition coefficient (Wildman–Crippen LogP) is 4.24. The van der Waals surface area contributed by atoms with Crippen molar-refractivity contribution in [3.63, 3.8) is 0 Å². The monoisotopic (exact) mass is 396 g/mol. The molecule has 0 radical (unpaired) electrons. The van der Waals surface area contributed by atoms with Crippen LogP contribution in [0.2, 0.25) is 5.02 Å². The Morgan fingerprint density at radius 3 is 2.81 bits per heavy atom. The van der Waals surface area contributed by atoms with E-state index in [4.69, 9.17) is 16.1 Å². The quantitative estimate of drug-likeness (QED) is 0.518. The SMILES string of the molecule is O=C(c1nc2ccccc2s1)N1CC(c2nc(-c3cccc(Cl)c3)no2)C1. The number of nitrogens with zero attached hydrogens (tertiary/aromatic N) is 4. The van der Waals surface area contributed by atoms with E-state index < -0.39 is 0 Å². The van der Waals surface area contributed by atoms with Crippen molar-refractivity contribution in [2.24, 2.45) is 0 Å². The highest BCUT2D eigenvalue weighted by molar-refractivity contribution is 7.20. The molecule has 134 valence electrons. The molecule has 0 spiro atoms. The van der Waals surface area contributed by atoms with Crippen LogP contribution < -0.4 is 0 Å². The number of aromatic nitrogens is 3. The van der Waals surface area contributed by atoms with Crippen molar-refractivity contribution in [1.29, 1.82) is 0 Å². The van der Waals surface area contributed by atoms with Crippen LogP contribution in [-0.4, -0.2) is 39.0 Å². The second-order valence-electron chi connectivity index (χ2n) is 6.36. The molecule has 8 heteroatoms. The molecule has 3 heterocycles. The standard InChI is InChI=1S/C19H13ClN4O2S/c20-13-5-3-4-11(8-13)16-22-17(26-23-16)12-9-24(10-12)19(25)18-21-14-6-1-2-7-15(14)27-18/h1-8,12H,9-10H2. The fourth-order valence-corrected chi connectivity index (χ4v) is 4.17. The van der Waals surface area contributed by atoms with Gasteiger partial charge in [0, 0.05) is 23.7 Å². The van der Waals surface area contributed by atoms with Gasteiger partial charge in [-0.1, -0.05) is 41.0 Å². The molecule has 6 nitrogen and oxygen atoms in total. The average Bonchev–Trinajstić information content (AvgIpc) is 3.27. The van der Waals surface area contributed by atoms with E-state index in [0.29, 0.717) is 34.8 Å². The number of thiazole rings is 1. The molecule has 1 aliphatic heterocycles. The summed E-state index contributed by atoms with van der Waals surface area (Å²) in [6, 6.07) is 15.1. The molecule has 0 bridgehead atoms. The zero-order valence-electron chi connectivity index (χ0n) is 14.0. The molecule has 0 unspecified atom stereocenters. The highest BCUT2D eigenvalue weighted by atomic mass is 35.5. The normalized spacial score (nSPS) is 14.5. The summed E-state index contributed by atoms with van der Waals surface area (Å²) in [4.78, 5) is 23.3. The van der Waals surface area contributed by atoms with Crippen molar-refractivity contribution in [3.8, 4) is 11.4 Å². The number of halogens is 1. The molecule has 0 aliphatic carbocycles. The van der Waals surface area contributed by atoms with Gasteiger partial charge in [0.1, 0.15) is 0 Å². The van der Waals surface area contributed by atoms with Crippen LogP contribution in [0.4, 0.5) is 0 Å². The first-order valence-corrected chi connectivity index (χ1v) is 9.61. The number of likely N-dealkylation sites (tertiary alicyclic amines) is 1. The number of hydrogen-bond donors (Lipinski definition) is 0. The van der Waals surface area contributed by atoms with Gasteiger partial charge in [0.25, 0.3) is 5.91 Å². The van der Waals surface area contributed by atoms with Gasteiger partial charge in [-0.25, -0.2) is 4.98 Å². The van der Waals surface area contributed by atoms with Gasteiger partial charge in [0.2, 0.25) is 11.7 Å². The molecular weight excluding hydrogens is 384 g/mol. The van der Waals surface area contributed by atoms with E-state index in [1.54, 1.807) is 17.0 Å². The Morgan fingerprint density at radius 1 is 1.15 bits per heavy atom. The number of hydrogen-bond acceptors (Lipinski definition) is 6. The van der Waals surface area contributed by atoms with Gasteiger partial charge in [-0.3, -0.25) is 4.79 Å². The summed E-state index contributed by atoms with van der Waals surface area (Å²) in [6.45, 7) is 1.10. The zero-order valence-corrected chi connectivity index (χ0v) is 15.6. The lowest BCUT2D eigenvalue weighted by molar-refractivity contribution is 0.0569. The van der Waals surface area contributed by atoms with E-state index in [0.717, 1.165) is 15.8 Å². The first kappa shape index (κ1) is 16.4. The summed E-state index contributed by atoms with van der Waals surface area (Å²) in [5, 5.41) is 5.16. The zero-order chi connectivity index (χ0) is 18.4. The fraction of sp³-hybridized carbons (Fsp3) is 0.158. The van der Waals surface area contributed by atoms with Crippen molar-refractivity contribution < 1.29 is 9.32 Å². The maximum Gasteiger partial charge on any atom is 0.282 e. The van der Waals surface area contributed by atoms with Gasteiger partial charge in [-0.15, -0.1) is 11.3 Å². The third kappa shape index (κ3) is 2.98. The van der Waals surface area contributed by atoms with E-state index in [2.05, 4.69) is 15.1 Å². The van der Waals surface area contributed by atoms with Gasteiger partial charge < -0.3 is 9.42 Å². The molecule has 0 saturated carbocycles. The van der Waals surface area contributed by atoms with Gasteiger partial charge >= 0.3 is 0 Å². The van der Waals surface area contributed by atoms with Gasteiger partial charge in [-0.2, -0.15) is 4.98 Å². The number of fused-ring (bicyclic) bond motifs is 1. The van der Waals surface area contributed by atoms with Gasteiger partial charge in [0.05, 0.1) is 16.1 Å². The third-order valence-electron chi connectivity index (χ3n) is 4.52. The van der Waals surface area contributed by atoms with Crippen molar-refractivity contribution >= 4 is 39.1 Å². The third-order valence-corrected chi connectivity index (χ3v) is 5.78. The molecule has 0 atom stereocenters. The van der Waals surface area contributed by atoms with Crippen LogP contribution >= 0.6 is 22.9 Å². The topological polar surface area (TPSA) is 72.1 Å². The van der Waals surface area contributed by atoms with Gasteiger partial charge in [0.15, 0.2) is 5.01 Å². The van der Waals surface area contributed by atoms with E-state index in [1.807, 2.05) is 36.4 Å². The lowest BCUT2D eigenvalue weighted by Crippen LogP contribution is -2.48. The lowest BCUT2D eigenvalue weighted by atomic mass is 10.00. The van der Waals surface area contributed by atoms with Gasteiger partial charge in [-0.05, 0) is 24.3 Å². The molecule has 4 aromatic rings. The number of para-hydroxylation sites is 1. The van der Waals surface area contributed by atoms with Crippen LogP contribution in [0, 0.1) is 0 Å². The number of amides is 1. The Balaban J connectivity index is 1.28. The molecule has 1 fully saturated rings. The van der Waals surface area contributed by atoms with E-state index in [1.165, 1.54) is 11.3 Å². The highest BCUT2D eigenvalue weighted by Gasteiger charge is 2.37. The second kappa shape index (κ2) is 6.44. The summed E-state index contributed by atoms with van der Waals surface area (Å²) in [6.07, 6.45) is 0. The number of carbonyl (C=O) groups excluding carboxylic acids is 1. The summed E-state index contributed by atoms with van der Waals surface area (Å²) in [5.41, 5.74) is 1.66. The molecule has 2 aromatic heterocycles. The first-order valence-electron chi connectivity index (χ1n) is 8.42. The van der Waals surface area contributed by atoms with E-state index in [9.17, 15) is 4.79 Å². The van der Waals surface area contributed by atoms with Crippen LogP contribution in [0.25, 0.3) is 21.6 Å². The molecular formula is C19H13ClN4O2S. The van der Waals surface area contributed by atoms with E-state index >= 15 is 0 Å². The largest absolute Gasteiger partial charge is 0.339 e. The molecule has 1 amide bonds. The van der Waals surface area contributed by atoms with Crippen LogP contribution in [-0.2, 0) is 0 Å². The Labute approximate surface area is 163 Å². The minimum absolute atomic E-state index is 0.0452. The molecule has 27 heavy (non-hydrogen) atoms. The smallest absolute Gasteiger partial charge is 0.282 e. The molecule has 2 aromatic carbocycles. The first-order chi connectivity index (χ1) is 13.2. The summed E-state index contributed by atoms with van der Waals surface area (Å²) in [5.74, 6) is 1.03. The van der Waals surface area contributed by atoms with Crippen LogP contribution in [0.15, 0.2) is 53.1 Å². The number of benzene rings is 2. The lowest BCUT2D eigenvalue weighted by Gasteiger charge is -2.36. The Hall–Kier alpha value is -2.77. The molecule has 1 saturated heterocycles. The van der Waals surface area contributed by atoms with Crippen molar-refractivity contribution in [1.82, 2.24) is 20.0 Å². The Morgan fingerprint density at radius 2 is 2.00 bits per heavy atom. The maximum absolute atomic E-state index is 12.6. The van der Waals surface area contributed by atoms with Crippen LogP contribution in [0.5, 0.6) is 0 Å².